The van der Waals surface area contributed by atoms with E-state index in [9.17, 15) is 13.2 Å². The van der Waals surface area contributed by atoms with Crippen LogP contribution in [-0.4, -0.2) is 37.8 Å². The maximum Gasteiger partial charge on any atom is 0.240 e. The highest BCUT2D eigenvalue weighted by Crippen LogP contribution is 2.16. The second-order valence-corrected chi connectivity index (χ2v) is 7.99. The van der Waals surface area contributed by atoms with Gasteiger partial charge >= 0.3 is 0 Å². The Balaban J connectivity index is 1.56. The van der Waals surface area contributed by atoms with E-state index >= 15 is 0 Å². The number of aryl methyl sites for hydroxylation is 1. The molecule has 0 aliphatic carbocycles. The van der Waals surface area contributed by atoms with Crippen LogP contribution in [-0.2, 0) is 10.0 Å². The number of benzene rings is 2. The molecule has 0 aliphatic rings. The maximum atomic E-state index is 12.3. The molecule has 8 nitrogen and oxygen atoms in total. The van der Waals surface area contributed by atoms with Gasteiger partial charge in [0, 0.05) is 36.1 Å². The molecule has 0 radical (unpaired) electrons. The first-order chi connectivity index (χ1) is 14.0. The number of nitrogens with zero attached hydrogens (tertiary/aromatic N) is 2. The number of sulfonamides is 1. The summed E-state index contributed by atoms with van der Waals surface area (Å²) in [5, 5.41) is 6.22. The van der Waals surface area contributed by atoms with Gasteiger partial charge in [-0.2, -0.15) is 4.98 Å². The Labute approximate surface area is 169 Å². The molecule has 0 atom stereocenters. The normalized spacial score (nSPS) is 11.1. The summed E-state index contributed by atoms with van der Waals surface area (Å²) in [7, 11) is -3.66. The summed E-state index contributed by atoms with van der Waals surface area (Å²) < 4.78 is 27.1. The molecule has 9 heteroatoms. The monoisotopic (exact) mass is 411 g/mol. The molecule has 0 unspecified atom stereocenters. The zero-order valence-electron chi connectivity index (χ0n) is 15.8. The van der Waals surface area contributed by atoms with Crippen LogP contribution in [0.5, 0.6) is 0 Å². The third-order valence-electron chi connectivity index (χ3n) is 3.93. The summed E-state index contributed by atoms with van der Waals surface area (Å²) in [4.78, 5) is 19.5. The van der Waals surface area contributed by atoms with Crippen molar-refractivity contribution in [2.45, 2.75) is 11.8 Å². The topological polar surface area (TPSA) is 113 Å². The number of anilines is 3. The van der Waals surface area contributed by atoms with Crippen LogP contribution >= 0.6 is 0 Å². The quantitative estimate of drug-likeness (QED) is 0.366. The number of hydrogen-bond acceptors (Lipinski definition) is 7. The minimum atomic E-state index is -3.66. The predicted molar refractivity (Wildman–Crippen MR) is 112 cm³/mol. The molecule has 0 spiro atoms. The van der Waals surface area contributed by atoms with Crippen LogP contribution in [0.1, 0.15) is 16.1 Å². The molecule has 0 amide bonds. The van der Waals surface area contributed by atoms with Gasteiger partial charge in [0.2, 0.25) is 16.0 Å². The molecule has 0 aliphatic heterocycles. The number of nitrogens with one attached hydrogen (secondary N) is 3. The molecule has 150 valence electrons. The number of aldehydes is 1. The molecule has 2 aromatic carbocycles. The molecular weight excluding hydrogens is 390 g/mol. The Morgan fingerprint density at radius 2 is 1.69 bits per heavy atom. The van der Waals surface area contributed by atoms with E-state index in [2.05, 4.69) is 25.3 Å². The van der Waals surface area contributed by atoms with Crippen molar-refractivity contribution < 1.29 is 13.2 Å². The van der Waals surface area contributed by atoms with Gasteiger partial charge in [0.15, 0.2) is 0 Å². The van der Waals surface area contributed by atoms with Crippen LogP contribution in [0.3, 0.4) is 0 Å². The summed E-state index contributed by atoms with van der Waals surface area (Å²) >= 11 is 0. The molecule has 3 aromatic rings. The van der Waals surface area contributed by atoms with E-state index < -0.39 is 10.0 Å². The number of carbonyl (C=O) groups is 1. The van der Waals surface area contributed by atoms with E-state index in [-0.39, 0.29) is 11.4 Å². The average Bonchev–Trinajstić information content (AvgIpc) is 2.72. The molecule has 29 heavy (non-hydrogen) atoms. The summed E-state index contributed by atoms with van der Waals surface area (Å²) in [5.41, 5.74) is 2.10. The van der Waals surface area contributed by atoms with E-state index in [1.165, 1.54) is 24.3 Å². The van der Waals surface area contributed by atoms with Crippen molar-refractivity contribution in [3.8, 4) is 0 Å². The minimum Gasteiger partial charge on any atom is -0.353 e. The zero-order chi connectivity index (χ0) is 20.7. The lowest BCUT2D eigenvalue weighted by Gasteiger charge is -2.11. The lowest BCUT2D eigenvalue weighted by atomic mass is 10.2. The van der Waals surface area contributed by atoms with Crippen LogP contribution in [0, 0.1) is 6.92 Å². The van der Waals surface area contributed by atoms with Crippen LogP contribution in [0.15, 0.2) is 65.6 Å². The molecule has 0 saturated heterocycles. The number of aromatic nitrogens is 2. The number of carbonyl (C=O) groups excluding carboxylic acids is 1. The highest BCUT2D eigenvalue weighted by molar-refractivity contribution is 7.89. The van der Waals surface area contributed by atoms with Gasteiger partial charge in [-0.3, -0.25) is 4.79 Å². The summed E-state index contributed by atoms with van der Waals surface area (Å²) in [6.45, 7) is 2.31. The summed E-state index contributed by atoms with van der Waals surface area (Å²) in [6.07, 6.45) is 0.663. The highest BCUT2D eigenvalue weighted by atomic mass is 32.2. The van der Waals surface area contributed by atoms with E-state index in [1.807, 2.05) is 43.3 Å². The van der Waals surface area contributed by atoms with Crippen molar-refractivity contribution in [1.82, 2.24) is 14.7 Å². The lowest BCUT2D eigenvalue weighted by Crippen LogP contribution is -2.29. The predicted octanol–water partition coefficient (Wildman–Crippen LogP) is 2.73. The van der Waals surface area contributed by atoms with Crippen LogP contribution in [0.4, 0.5) is 17.5 Å². The highest BCUT2D eigenvalue weighted by Gasteiger charge is 2.13. The van der Waals surface area contributed by atoms with Gasteiger partial charge in [-0.15, -0.1) is 0 Å². The fourth-order valence-corrected chi connectivity index (χ4v) is 3.58. The van der Waals surface area contributed by atoms with Gasteiger partial charge in [-0.25, -0.2) is 18.1 Å². The van der Waals surface area contributed by atoms with Crippen molar-refractivity contribution in [3.63, 3.8) is 0 Å². The first-order valence-electron chi connectivity index (χ1n) is 8.93. The molecule has 3 rings (SSSR count). The fourth-order valence-electron chi connectivity index (χ4n) is 2.55. The van der Waals surface area contributed by atoms with Crippen molar-refractivity contribution in [2.75, 3.05) is 23.7 Å². The average molecular weight is 411 g/mol. The van der Waals surface area contributed by atoms with Gasteiger partial charge in [0.1, 0.15) is 12.1 Å². The Morgan fingerprint density at radius 1 is 0.966 bits per heavy atom. The van der Waals surface area contributed by atoms with Crippen molar-refractivity contribution >= 4 is 33.8 Å². The molecule has 1 heterocycles. The van der Waals surface area contributed by atoms with Crippen LogP contribution < -0.4 is 15.4 Å². The first-order valence-corrected chi connectivity index (χ1v) is 10.4. The summed E-state index contributed by atoms with van der Waals surface area (Å²) in [5.74, 6) is 1.04. The second kappa shape index (κ2) is 9.26. The van der Waals surface area contributed by atoms with E-state index in [0.717, 1.165) is 11.4 Å². The number of rotatable bonds is 9. The van der Waals surface area contributed by atoms with E-state index in [4.69, 9.17) is 0 Å². The second-order valence-electron chi connectivity index (χ2n) is 6.22. The molecule has 0 saturated carbocycles. The lowest BCUT2D eigenvalue weighted by molar-refractivity contribution is 0.112. The third-order valence-corrected chi connectivity index (χ3v) is 5.40. The van der Waals surface area contributed by atoms with Gasteiger partial charge in [0.05, 0.1) is 4.90 Å². The van der Waals surface area contributed by atoms with E-state index in [0.29, 0.717) is 30.2 Å². The maximum absolute atomic E-state index is 12.3. The number of para-hydroxylation sites is 1. The Bertz CT molecular complexity index is 1070. The molecule has 0 bridgehead atoms. The Hall–Kier alpha value is -3.30. The number of hydrogen-bond donors (Lipinski definition) is 3. The smallest absolute Gasteiger partial charge is 0.240 e. The largest absolute Gasteiger partial charge is 0.353 e. The van der Waals surface area contributed by atoms with Crippen molar-refractivity contribution in [1.29, 1.82) is 0 Å². The summed E-state index contributed by atoms with van der Waals surface area (Å²) in [6, 6.07) is 17.2. The Morgan fingerprint density at radius 3 is 2.38 bits per heavy atom. The van der Waals surface area contributed by atoms with Crippen molar-refractivity contribution in [3.05, 3.63) is 71.9 Å². The van der Waals surface area contributed by atoms with Crippen molar-refractivity contribution in [2.24, 2.45) is 0 Å². The SMILES string of the molecule is Cc1cc(Nc2ccccc2)nc(NCCNS(=O)(=O)c2ccc(C=O)cc2)n1. The molecule has 1 aromatic heterocycles. The fraction of sp³-hybridized carbons (Fsp3) is 0.150. The van der Waals surface area contributed by atoms with Gasteiger partial charge in [-0.1, -0.05) is 30.3 Å². The van der Waals surface area contributed by atoms with Crippen LogP contribution in [0.25, 0.3) is 0 Å². The Kier molecular flexibility index (Phi) is 6.53. The zero-order valence-corrected chi connectivity index (χ0v) is 16.6. The minimum absolute atomic E-state index is 0.101. The van der Waals surface area contributed by atoms with Gasteiger partial charge in [-0.05, 0) is 31.2 Å². The van der Waals surface area contributed by atoms with E-state index in [1.54, 1.807) is 0 Å². The molecule has 3 N–H and O–H groups in total. The molecule has 0 fully saturated rings. The third kappa shape index (κ3) is 5.84. The standard InChI is InChI=1S/C20H21N5O3S/c1-15-13-19(24-17-5-3-2-4-6-17)25-20(23-15)21-11-12-22-29(27,28)18-9-7-16(14-26)8-10-18/h2-10,13-14,22H,11-12H2,1H3,(H2,21,23,24,25). The van der Waals surface area contributed by atoms with Crippen LogP contribution in [0.2, 0.25) is 0 Å². The van der Waals surface area contributed by atoms with Gasteiger partial charge < -0.3 is 10.6 Å². The first kappa shape index (κ1) is 20.4. The van der Waals surface area contributed by atoms with Gasteiger partial charge in [0.25, 0.3) is 0 Å². The molecular formula is C20H21N5O3S.